The lowest BCUT2D eigenvalue weighted by Crippen LogP contribution is -2.23. The number of pyridine rings is 1. The first-order valence-corrected chi connectivity index (χ1v) is 21.1. The van der Waals surface area contributed by atoms with Gasteiger partial charge in [-0.3, -0.25) is 0 Å². The summed E-state index contributed by atoms with van der Waals surface area (Å²) >= 11 is 0. The molecule has 2 nitrogen and oxygen atoms in total. The van der Waals surface area contributed by atoms with Crippen molar-refractivity contribution in [3.63, 3.8) is 0 Å². The molecule has 0 fully saturated rings. The molecule has 2 heterocycles. The average Bonchev–Trinajstić information content (AvgIpc) is 3.66. The van der Waals surface area contributed by atoms with Crippen LogP contribution in [-0.4, -0.2) is 4.98 Å². The number of hydrogen-bond donors (Lipinski definition) is 1. The molecule has 10 aromatic rings. The molecular weight excluding hydrogens is 725 g/mol. The predicted octanol–water partition coefficient (Wildman–Crippen LogP) is 15.3. The van der Waals surface area contributed by atoms with Crippen LogP contribution < -0.4 is 5.32 Å². The number of nitrogens with zero attached hydrogens (tertiary/aromatic N) is 1. The SMILES string of the molecule is C1=C(c2cccc(-c3ccc(-c4ccc5c6c(cccc46)-c4c-5c(-c5ccccc5)c5ccccc5c4-c4ccccc4)cc3)n2)NC(c2ccc3ccccc3c2)CC1. The molecule has 2 heteroatoms. The normalized spacial score (nSPS) is 14.3. The molecule has 1 unspecified atom stereocenters. The molecule has 1 aromatic heterocycles. The third-order valence-corrected chi connectivity index (χ3v) is 12.7. The Labute approximate surface area is 350 Å². The minimum Gasteiger partial charge on any atom is -0.377 e. The van der Waals surface area contributed by atoms with E-state index in [2.05, 4.69) is 212 Å². The fraction of sp³-hybridized carbons (Fsp3) is 0.0517. The summed E-state index contributed by atoms with van der Waals surface area (Å²) in [6.07, 6.45) is 4.37. The zero-order chi connectivity index (χ0) is 39.6. The van der Waals surface area contributed by atoms with Gasteiger partial charge in [0, 0.05) is 5.56 Å². The number of fused-ring (bicyclic) bond motifs is 5. The molecule has 0 radical (unpaired) electrons. The Balaban J connectivity index is 0.925. The van der Waals surface area contributed by atoms with Crippen LogP contribution in [0.3, 0.4) is 0 Å². The Morgan fingerprint density at radius 3 is 1.72 bits per heavy atom. The molecule has 0 amide bonds. The first-order chi connectivity index (χ1) is 29.8. The van der Waals surface area contributed by atoms with Crippen molar-refractivity contribution in [1.82, 2.24) is 10.3 Å². The van der Waals surface area contributed by atoms with E-state index in [9.17, 15) is 0 Å². The van der Waals surface area contributed by atoms with E-state index in [0.29, 0.717) is 0 Å². The molecule has 2 aliphatic rings. The summed E-state index contributed by atoms with van der Waals surface area (Å²) in [4.78, 5) is 5.21. The Morgan fingerprint density at radius 1 is 0.400 bits per heavy atom. The molecule has 1 aliphatic heterocycles. The second-order valence-corrected chi connectivity index (χ2v) is 16.2. The van der Waals surface area contributed by atoms with Crippen LogP contribution in [0.5, 0.6) is 0 Å². The second kappa shape index (κ2) is 14.1. The number of rotatable bonds is 6. The van der Waals surface area contributed by atoms with Gasteiger partial charge >= 0.3 is 0 Å². The summed E-state index contributed by atoms with van der Waals surface area (Å²) in [6.45, 7) is 0. The van der Waals surface area contributed by atoms with Gasteiger partial charge in [0.05, 0.1) is 23.1 Å². The topological polar surface area (TPSA) is 24.9 Å². The molecule has 0 saturated carbocycles. The molecule has 1 N–H and O–H groups in total. The van der Waals surface area contributed by atoms with E-state index >= 15 is 0 Å². The molecule has 12 rings (SSSR count). The van der Waals surface area contributed by atoms with Gasteiger partial charge in [0.2, 0.25) is 0 Å². The maximum Gasteiger partial charge on any atom is 0.0865 e. The highest BCUT2D eigenvalue weighted by Gasteiger charge is 2.31. The van der Waals surface area contributed by atoms with Crippen molar-refractivity contribution in [3.05, 3.63) is 218 Å². The molecule has 0 spiro atoms. The molecular formula is C58H40N2. The van der Waals surface area contributed by atoms with E-state index in [4.69, 9.17) is 4.98 Å². The van der Waals surface area contributed by atoms with Crippen LogP contribution in [-0.2, 0) is 0 Å². The highest BCUT2D eigenvalue weighted by atomic mass is 15.0. The van der Waals surface area contributed by atoms with Crippen LogP contribution in [0, 0.1) is 0 Å². The molecule has 0 saturated heterocycles. The lowest BCUT2D eigenvalue weighted by molar-refractivity contribution is 0.565. The van der Waals surface area contributed by atoms with Gasteiger partial charge in [0.25, 0.3) is 0 Å². The monoisotopic (exact) mass is 764 g/mol. The zero-order valence-corrected chi connectivity index (χ0v) is 33.1. The van der Waals surface area contributed by atoms with Crippen LogP contribution in [0.25, 0.3) is 105 Å². The quantitative estimate of drug-likeness (QED) is 0.182. The standard InChI is InChI=1S/C58H40N2/c1-3-15-40(16-4-1)54-46-20-9-10-21-47(46)55(41-17-5-2-6-18-41)58-49-35-34-44(45-22-11-23-48(56(45)49)57(54)58)38-29-31-39(32-30-38)50-24-12-26-52(59-50)53-27-13-25-51(60-53)43-33-28-37-14-7-8-19-42(37)36-43/h1-12,14-24,26-36,51,60H,13,25H2. The van der Waals surface area contributed by atoms with E-state index < -0.39 is 0 Å². The van der Waals surface area contributed by atoms with Gasteiger partial charge in [-0.1, -0.05) is 188 Å². The number of allylic oxidation sites excluding steroid dienone is 1. The molecule has 9 aromatic carbocycles. The van der Waals surface area contributed by atoms with Crippen LogP contribution >= 0.6 is 0 Å². The van der Waals surface area contributed by atoms with Crippen molar-refractivity contribution in [3.8, 4) is 66.9 Å². The van der Waals surface area contributed by atoms with Crippen molar-refractivity contribution in [2.24, 2.45) is 0 Å². The van der Waals surface area contributed by atoms with E-state index in [1.54, 1.807) is 0 Å². The second-order valence-electron chi connectivity index (χ2n) is 16.2. The fourth-order valence-corrected chi connectivity index (χ4v) is 9.99. The van der Waals surface area contributed by atoms with Crippen molar-refractivity contribution >= 4 is 38.0 Å². The van der Waals surface area contributed by atoms with Crippen molar-refractivity contribution < 1.29 is 0 Å². The highest BCUT2D eigenvalue weighted by molar-refractivity contribution is 6.28. The first kappa shape index (κ1) is 34.5. The van der Waals surface area contributed by atoms with Crippen molar-refractivity contribution in [2.75, 3.05) is 0 Å². The number of aromatic nitrogens is 1. The van der Waals surface area contributed by atoms with Crippen LogP contribution in [0.4, 0.5) is 0 Å². The Morgan fingerprint density at radius 2 is 0.983 bits per heavy atom. The summed E-state index contributed by atoms with van der Waals surface area (Å²) < 4.78 is 0. The number of benzene rings is 9. The third kappa shape index (κ3) is 5.60. The number of hydrogen-bond acceptors (Lipinski definition) is 2. The smallest absolute Gasteiger partial charge is 0.0865 e. The lowest BCUT2D eigenvalue weighted by Gasteiger charge is -2.26. The summed E-state index contributed by atoms with van der Waals surface area (Å²) in [7, 11) is 0. The van der Waals surface area contributed by atoms with Crippen molar-refractivity contribution in [2.45, 2.75) is 18.9 Å². The molecule has 0 bridgehead atoms. The van der Waals surface area contributed by atoms with Gasteiger partial charge in [0.15, 0.2) is 0 Å². The summed E-state index contributed by atoms with van der Waals surface area (Å²) in [6, 6.07) is 73.5. The van der Waals surface area contributed by atoms with Crippen LogP contribution in [0.15, 0.2) is 206 Å². The van der Waals surface area contributed by atoms with E-state index in [-0.39, 0.29) is 6.04 Å². The molecule has 282 valence electrons. The highest BCUT2D eigenvalue weighted by Crippen LogP contribution is 2.58. The van der Waals surface area contributed by atoms with Gasteiger partial charge in [0.1, 0.15) is 0 Å². The Bertz CT molecular complexity index is 3230. The predicted molar refractivity (Wildman–Crippen MR) is 252 cm³/mol. The van der Waals surface area contributed by atoms with Gasteiger partial charge in [-0.05, 0) is 125 Å². The van der Waals surface area contributed by atoms with Gasteiger partial charge in [-0.2, -0.15) is 0 Å². The largest absolute Gasteiger partial charge is 0.377 e. The average molecular weight is 765 g/mol. The van der Waals surface area contributed by atoms with E-state index in [1.165, 1.54) is 93.5 Å². The summed E-state index contributed by atoms with van der Waals surface area (Å²) in [5.74, 6) is 0. The van der Waals surface area contributed by atoms with Crippen molar-refractivity contribution in [1.29, 1.82) is 0 Å². The maximum atomic E-state index is 5.21. The maximum absolute atomic E-state index is 5.21. The van der Waals surface area contributed by atoms with Gasteiger partial charge in [-0.15, -0.1) is 0 Å². The molecule has 60 heavy (non-hydrogen) atoms. The van der Waals surface area contributed by atoms with Crippen LogP contribution in [0.1, 0.15) is 30.1 Å². The first-order valence-electron chi connectivity index (χ1n) is 21.1. The Kier molecular flexibility index (Phi) is 8.09. The van der Waals surface area contributed by atoms with E-state index in [1.807, 2.05) is 0 Å². The summed E-state index contributed by atoms with van der Waals surface area (Å²) in [5.41, 5.74) is 18.2. The lowest BCUT2D eigenvalue weighted by atomic mass is 9.82. The van der Waals surface area contributed by atoms with Gasteiger partial charge < -0.3 is 5.32 Å². The fourth-order valence-electron chi connectivity index (χ4n) is 9.99. The zero-order valence-electron chi connectivity index (χ0n) is 33.1. The Hall–Kier alpha value is -7.55. The van der Waals surface area contributed by atoms with Gasteiger partial charge in [-0.25, -0.2) is 4.98 Å². The summed E-state index contributed by atoms with van der Waals surface area (Å²) in [5, 5.41) is 11.5. The minimum absolute atomic E-state index is 0.249. The third-order valence-electron chi connectivity index (χ3n) is 12.7. The van der Waals surface area contributed by atoms with E-state index in [0.717, 1.165) is 35.5 Å². The molecule has 1 atom stereocenters. The van der Waals surface area contributed by atoms with Crippen LogP contribution in [0.2, 0.25) is 0 Å². The minimum atomic E-state index is 0.249. The molecule has 1 aliphatic carbocycles. The number of nitrogens with one attached hydrogen (secondary N) is 1.